The number of ketones is 1. The molecule has 5 rings (SSSR count). The zero-order chi connectivity index (χ0) is 38.4. The van der Waals surface area contributed by atoms with Gasteiger partial charge in [-0.3, -0.25) is 14.4 Å². The zero-order valence-electron chi connectivity index (χ0n) is 30.7. The van der Waals surface area contributed by atoms with E-state index in [4.69, 9.17) is 18.9 Å². The molecule has 9 unspecified atom stereocenters. The monoisotopic (exact) mass is 721 g/mol. The summed E-state index contributed by atoms with van der Waals surface area (Å²) in [6.45, 7) is 12.7. The Morgan fingerprint density at radius 1 is 0.981 bits per heavy atom. The van der Waals surface area contributed by atoms with Crippen LogP contribution in [0, 0.1) is 30.6 Å². The van der Waals surface area contributed by atoms with Crippen LogP contribution in [0.15, 0.2) is 42.5 Å². The van der Waals surface area contributed by atoms with Gasteiger partial charge in [-0.15, -0.1) is 0 Å². The molecule has 280 valence electrons. The maximum absolute atomic E-state index is 14.2. The predicted molar refractivity (Wildman–Crippen MR) is 192 cm³/mol. The summed E-state index contributed by atoms with van der Waals surface area (Å²) < 4.78 is 23.5. The Morgan fingerprint density at radius 2 is 1.67 bits per heavy atom. The number of aromatic amines is 1. The first-order chi connectivity index (χ1) is 24.4. The number of hydrogen-bond acceptors (Lipinski definition) is 12. The molecular weight excluding hydrogens is 674 g/mol. The van der Waals surface area contributed by atoms with Crippen molar-refractivity contribution in [1.29, 1.82) is 0 Å². The van der Waals surface area contributed by atoms with Crippen LogP contribution in [0.2, 0.25) is 0 Å². The number of nitrogens with zero attached hydrogens (tertiary/aromatic N) is 1. The molecule has 2 aliphatic heterocycles. The third kappa shape index (κ3) is 6.61. The number of methoxy groups -OCH3 is 1. The molecule has 0 saturated carbocycles. The average molecular weight is 722 g/mol. The summed E-state index contributed by atoms with van der Waals surface area (Å²) >= 11 is 0. The molecule has 14 heteroatoms. The van der Waals surface area contributed by atoms with E-state index in [1.165, 1.54) is 52.6 Å². The molecular formula is C38H47N3O11. The van der Waals surface area contributed by atoms with Crippen molar-refractivity contribution in [2.75, 3.05) is 12.4 Å². The van der Waals surface area contributed by atoms with Gasteiger partial charge in [-0.25, -0.2) is 4.98 Å². The van der Waals surface area contributed by atoms with E-state index in [0.717, 1.165) is 0 Å². The second kappa shape index (κ2) is 14.6. The molecule has 52 heavy (non-hydrogen) atoms. The van der Waals surface area contributed by atoms with E-state index in [-0.39, 0.29) is 55.7 Å². The van der Waals surface area contributed by atoms with Gasteiger partial charge in [0, 0.05) is 61.2 Å². The number of allylic oxidation sites excluding steroid dienone is 2. The maximum Gasteiger partial charge on any atom is 0.312 e. The number of rotatable bonds is 2. The average Bonchev–Trinajstić information content (AvgIpc) is 3.69. The van der Waals surface area contributed by atoms with Crippen LogP contribution < -0.4 is 10.1 Å². The Morgan fingerprint density at radius 3 is 2.33 bits per heavy atom. The molecule has 9 atom stereocenters. The lowest BCUT2D eigenvalue weighted by Gasteiger charge is -2.38. The highest BCUT2D eigenvalue weighted by molar-refractivity contribution is 6.27. The Hall–Kier alpha value is -4.92. The number of ether oxygens (including phenoxy) is 4. The number of carbonyl (C=O) groups excluding carboxylic acids is 3. The minimum atomic E-state index is -1.93. The molecule has 1 aromatic heterocycles. The van der Waals surface area contributed by atoms with Crippen molar-refractivity contribution in [3.63, 3.8) is 0 Å². The number of Topliss-reactive ketones (excluding diaryl/α,β-unsaturated/α-hetero) is 1. The Kier molecular flexibility index (Phi) is 10.8. The molecule has 0 saturated heterocycles. The highest BCUT2D eigenvalue weighted by Crippen LogP contribution is 2.53. The predicted octanol–water partition coefficient (Wildman–Crippen LogP) is 4.92. The molecule has 14 nitrogen and oxygen atoms in total. The van der Waals surface area contributed by atoms with Crippen molar-refractivity contribution in [1.82, 2.24) is 9.97 Å². The molecule has 0 radical (unpaired) electrons. The number of imidazole rings is 1. The molecule has 6 N–H and O–H groups in total. The molecule has 3 aromatic rings. The van der Waals surface area contributed by atoms with Crippen LogP contribution in [0.1, 0.15) is 64.4 Å². The van der Waals surface area contributed by atoms with Crippen molar-refractivity contribution in [2.45, 2.75) is 85.6 Å². The lowest BCUT2D eigenvalue weighted by atomic mass is 9.78. The molecule has 2 aromatic carbocycles. The van der Waals surface area contributed by atoms with Crippen molar-refractivity contribution < 1.29 is 53.8 Å². The molecule has 3 heterocycles. The van der Waals surface area contributed by atoms with Gasteiger partial charge in [0.1, 0.15) is 23.3 Å². The van der Waals surface area contributed by atoms with Gasteiger partial charge in [0.25, 0.3) is 11.7 Å². The summed E-state index contributed by atoms with van der Waals surface area (Å²) in [7, 11) is 1.45. The van der Waals surface area contributed by atoms with Crippen molar-refractivity contribution in [3.05, 3.63) is 53.6 Å². The Bertz CT molecular complexity index is 2000. The number of amides is 1. The van der Waals surface area contributed by atoms with Crippen LogP contribution in [-0.2, 0) is 23.8 Å². The fourth-order valence-corrected chi connectivity index (χ4v) is 7.15. The number of phenolic OH excluding ortho intramolecular Hbond substituents is 2. The summed E-state index contributed by atoms with van der Waals surface area (Å²) in [5.74, 6) is -6.90. The molecule has 0 spiro atoms. The van der Waals surface area contributed by atoms with Gasteiger partial charge in [-0.2, -0.15) is 0 Å². The minimum Gasteiger partial charge on any atom is -0.507 e. The fraction of sp³-hybridized carbons (Fsp3) is 0.474. The summed E-state index contributed by atoms with van der Waals surface area (Å²) in [6, 6.07) is 0. The number of phenols is 2. The van der Waals surface area contributed by atoms with Crippen molar-refractivity contribution >= 4 is 45.2 Å². The van der Waals surface area contributed by atoms with Gasteiger partial charge < -0.3 is 49.7 Å². The third-order valence-corrected chi connectivity index (χ3v) is 10.4. The maximum atomic E-state index is 14.2. The highest BCUT2D eigenvalue weighted by atomic mass is 16.7. The lowest BCUT2D eigenvalue weighted by molar-refractivity contribution is -0.160. The first-order valence-electron chi connectivity index (χ1n) is 17.1. The number of anilines is 1. The summed E-state index contributed by atoms with van der Waals surface area (Å²) in [5.41, 5.74) is 0.716. The summed E-state index contributed by atoms with van der Waals surface area (Å²) in [4.78, 5) is 47.2. The smallest absolute Gasteiger partial charge is 0.312 e. The molecule has 2 aliphatic rings. The van der Waals surface area contributed by atoms with E-state index in [0.29, 0.717) is 0 Å². The third-order valence-electron chi connectivity index (χ3n) is 10.4. The largest absolute Gasteiger partial charge is 0.507 e. The molecule has 1 amide bonds. The SMILES string of the molecule is COC1/C=C\OC2(C)Oc3c(C)c(O)c4c(O)c(c5[nH]cnc5c4c3C2=O)NC(=O)/C(C)=C\C=C\C(C)C(O)C(C)C(O)C(C)C(OC(C)=O)C1C. The number of esters is 1. The first kappa shape index (κ1) is 38.3. The second-order valence-electron chi connectivity index (χ2n) is 14.0. The topological polar surface area (TPSA) is 210 Å². The lowest BCUT2D eigenvalue weighted by Crippen LogP contribution is -2.46. The normalized spacial score (nSPS) is 32.6. The Balaban J connectivity index is 1.68. The van der Waals surface area contributed by atoms with E-state index < -0.39 is 77.3 Å². The van der Waals surface area contributed by atoms with Crippen LogP contribution in [0.5, 0.6) is 17.2 Å². The van der Waals surface area contributed by atoms with Crippen LogP contribution in [0.25, 0.3) is 21.8 Å². The Labute approximate surface area is 301 Å². The number of aromatic nitrogens is 2. The van der Waals surface area contributed by atoms with Crippen LogP contribution >= 0.6 is 0 Å². The number of benzene rings is 2. The highest BCUT2D eigenvalue weighted by Gasteiger charge is 2.49. The van der Waals surface area contributed by atoms with Crippen LogP contribution in [0.4, 0.5) is 5.69 Å². The van der Waals surface area contributed by atoms with Gasteiger partial charge in [0.2, 0.25) is 0 Å². The van der Waals surface area contributed by atoms with E-state index >= 15 is 0 Å². The minimum absolute atomic E-state index is 0.0157. The van der Waals surface area contributed by atoms with E-state index in [1.54, 1.807) is 46.8 Å². The van der Waals surface area contributed by atoms with Gasteiger partial charge in [-0.1, -0.05) is 45.9 Å². The number of H-pyrrole nitrogens is 1. The van der Waals surface area contributed by atoms with Crippen molar-refractivity contribution in [2.24, 2.45) is 23.7 Å². The van der Waals surface area contributed by atoms with Gasteiger partial charge >= 0.3 is 11.8 Å². The number of hydrogen-bond donors (Lipinski definition) is 6. The number of aliphatic hydroxyl groups excluding tert-OH is 2. The summed E-state index contributed by atoms with van der Waals surface area (Å²) in [5, 5.41) is 48.4. The van der Waals surface area contributed by atoms with Crippen LogP contribution in [-0.4, -0.2) is 85.4 Å². The number of fused-ring (bicyclic) bond motifs is 1. The quantitative estimate of drug-likeness (QED) is 0.154. The van der Waals surface area contributed by atoms with Crippen LogP contribution in [0.3, 0.4) is 0 Å². The van der Waals surface area contributed by atoms with Gasteiger partial charge in [-0.05, 0) is 19.9 Å². The summed E-state index contributed by atoms with van der Waals surface area (Å²) in [6.07, 6.45) is 5.19. The zero-order valence-corrected chi connectivity index (χ0v) is 30.7. The number of aromatic hydroxyl groups is 2. The van der Waals surface area contributed by atoms with E-state index in [9.17, 15) is 34.8 Å². The van der Waals surface area contributed by atoms with E-state index in [2.05, 4.69) is 15.3 Å². The first-order valence-corrected chi connectivity index (χ1v) is 17.1. The molecule has 0 fully saturated rings. The van der Waals surface area contributed by atoms with Gasteiger partial charge in [0.05, 0.1) is 52.9 Å². The fourth-order valence-electron chi connectivity index (χ4n) is 7.15. The number of carbonyl (C=O) groups is 3. The number of aliphatic hydroxyl groups is 2. The number of nitrogens with one attached hydrogen (secondary N) is 2. The standard InChI is InChI=1S/C38H47N3O11/c1-16-11-10-12-17(2)37(48)41-29-28-27(39-15-40-28)24-25(33(29)46)32(45)21(6)35-26(24)36(47)38(8,52-35)50-14-13-23(49-9)18(3)34(51-22(7)42)20(5)31(44)19(4)30(16)43/h10-16,18-20,23,30-31,34,43-46H,1-9H3,(H,39,40)(H,41,48)/b11-10+,14-13-,17-12-. The van der Waals surface area contributed by atoms with E-state index in [1.807, 2.05) is 0 Å². The van der Waals surface area contributed by atoms with Crippen molar-refractivity contribution in [3.8, 4) is 17.2 Å². The molecule has 4 bridgehead atoms. The second-order valence-corrected chi connectivity index (χ2v) is 14.0. The van der Waals surface area contributed by atoms with Gasteiger partial charge in [0.15, 0.2) is 5.75 Å². The molecule has 0 aliphatic carbocycles.